The minimum absolute atomic E-state index is 0.281. The van der Waals surface area contributed by atoms with Crippen molar-refractivity contribution in [3.8, 4) is 0 Å². The van der Waals surface area contributed by atoms with Gasteiger partial charge in [0.05, 0.1) is 7.11 Å². The fourth-order valence-electron chi connectivity index (χ4n) is 0.746. The van der Waals surface area contributed by atoms with Crippen molar-refractivity contribution >= 4 is 11.9 Å². The Morgan fingerprint density at radius 1 is 1.44 bits per heavy atom. The maximum absolute atomic E-state index is 11.0. The average molecular weight is 229 g/mol. The minimum Gasteiger partial charge on any atom is -0.478 e. The van der Waals surface area contributed by atoms with Crippen LogP contribution in [-0.4, -0.2) is 43.2 Å². The van der Waals surface area contributed by atoms with Crippen LogP contribution in [0.4, 0.5) is 0 Å². The molecule has 0 aromatic rings. The molecule has 0 unspecified atom stereocenters. The van der Waals surface area contributed by atoms with E-state index in [1.807, 2.05) is 27.1 Å². The van der Waals surface area contributed by atoms with E-state index in [9.17, 15) is 9.59 Å². The molecule has 0 spiro atoms. The van der Waals surface area contributed by atoms with Crippen molar-refractivity contribution in [3.05, 3.63) is 24.4 Å². The molecule has 92 valence electrons. The lowest BCUT2D eigenvalue weighted by Gasteiger charge is -2.14. The first-order valence-corrected chi connectivity index (χ1v) is 4.71. The van der Waals surface area contributed by atoms with E-state index in [4.69, 9.17) is 5.11 Å². The Morgan fingerprint density at radius 2 is 1.88 bits per heavy atom. The number of carboxylic acids is 1. The molecule has 0 bridgehead atoms. The van der Waals surface area contributed by atoms with Gasteiger partial charge in [0, 0.05) is 20.2 Å². The molecular formula is C11H19NO4. The second kappa shape index (κ2) is 9.76. The van der Waals surface area contributed by atoms with E-state index in [1.165, 1.54) is 7.11 Å². The summed E-state index contributed by atoms with van der Waals surface area (Å²) in [6.45, 7) is 4.94. The maximum Gasteiger partial charge on any atom is 0.353 e. The standard InChI is InChI=1S/C8H15NO2.C3H4O2/c1-5-6-7(9(2)3)8(10)11-4;1-2-3(4)5/h6H,5H2,1-4H3;2H,1H2,(H,4,5). The third kappa shape index (κ3) is 8.80. The summed E-state index contributed by atoms with van der Waals surface area (Å²) < 4.78 is 4.58. The quantitative estimate of drug-likeness (QED) is 0.581. The van der Waals surface area contributed by atoms with Crippen LogP contribution in [-0.2, 0) is 14.3 Å². The fraction of sp³-hybridized carbons (Fsp3) is 0.455. The Kier molecular flexibility index (Phi) is 10.2. The average Bonchev–Trinajstić information content (AvgIpc) is 2.25. The highest BCUT2D eigenvalue weighted by atomic mass is 16.5. The topological polar surface area (TPSA) is 66.8 Å². The third-order valence-electron chi connectivity index (χ3n) is 1.45. The Labute approximate surface area is 96.0 Å². The molecule has 0 fully saturated rings. The Bertz CT molecular complexity index is 269. The minimum atomic E-state index is -0.981. The van der Waals surface area contributed by atoms with Crippen LogP contribution in [0.5, 0.6) is 0 Å². The number of allylic oxidation sites excluding steroid dienone is 1. The molecule has 0 aliphatic carbocycles. The summed E-state index contributed by atoms with van der Waals surface area (Å²) in [4.78, 5) is 22.0. The van der Waals surface area contributed by atoms with Crippen molar-refractivity contribution in [3.63, 3.8) is 0 Å². The van der Waals surface area contributed by atoms with E-state index in [0.717, 1.165) is 12.5 Å². The number of carboxylic acid groups (broad SMARTS) is 1. The molecule has 16 heavy (non-hydrogen) atoms. The molecule has 5 nitrogen and oxygen atoms in total. The van der Waals surface area contributed by atoms with Crippen molar-refractivity contribution in [1.82, 2.24) is 4.90 Å². The van der Waals surface area contributed by atoms with Crippen molar-refractivity contribution < 1.29 is 19.4 Å². The van der Waals surface area contributed by atoms with Crippen LogP contribution in [0.3, 0.4) is 0 Å². The van der Waals surface area contributed by atoms with Crippen LogP contribution in [0.25, 0.3) is 0 Å². The zero-order valence-corrected chi connectivity index (χ0v) is 10.2. The summed E-state index contributed by atoms with van der Waals surface area (Å²) in [5, 5.41) is 7.60. The zero-order chi connectivity index (χ0) is 13.1. The molecule has 0 aliphatic rings. The number of ether oxygens (including phenoxy) is 1. The number of aliphatic carboxylic acids is 1. The molecule has 0 radical (unpaired) electrons. The highest BCUT2D eigenvalue weighted by molar-refractivity contribution is 5.87. The summed E-state index contributed by atoms with van der Waals surface area (Å²) in [5.41, 5.74) is 0.606. The van der Waals surface area contributed by atoms with Crippen LogP contribution >= 0.6 is 0 Å². The molecule has 1 N–H and O–H groups in total. The molecule has 0 atom stereocenters. The van der Waals surface area contributed by atoms with Gasteiger partial charge in [0.1, 0.15) is 5.70 Å². The Morgan fingerprint density at radius 3 is 2.06 bits per heavy atom. The Hall–Kier alpha value is -1.78. The first kappa shape index (κ1) is 16.6. The molecule has 0 aliphatic heterocycles. The van der Waals surface area contributed by atoms with Gasteiger partial charge >= 0.3 is 11.9 Å². The third-order valence-corrected chi connectivity index (χ3v) is 1.45. The number of carbonyl (C=O) groups is 2. The molecule has 0 saturated carbocycles. The number of nitrogens with zero attached hydrogens (tertiary/aromatic N) is 1. The van der Waals surface area contributed by atoms with Crippen LogP contribution < -0.4 is 0 Å². The van der Waals surface area contributed by atoms with Gasteiger partial charge in [-0.1, -0.05) is 19.6 Å². The van der Waals surface area contributed by atoms with E-state index in [2.05, 4.69) is 11.3 Å². The van der Waals surface area contributed by atoms with Gasteiger partial charge in [0.2, 0.25) is 0 Å². The monoisotopic (exact) mass is 229 g/mol. The molecule has 0 heterocycles. The predicted octanol–water partition coefficient (Wildman–Crippen LogP) is 1.27. The first-order chi connectivity index (χ1) is 7.40. The predicted molar refractivity (Wildman–Crippen MR) is 61.9 cm³/mol. The van der Waals surface area contributed by atoms with Crippen LogP contribution in [0.1, 0.15) is 13.3 Å². The highest BCUT2D eigenvalue weighted by Gasteiger charge is 2.09. The van der Waals surface area contributed by atoms with Gasteiger partial charge in [-0.2, -0.15) is 0 Å². The summed E-state index contributed by atoms with van der Waals surface area (Å²) in [6, 6.07) is 0. The number of rotatable bonds is 4. The van der Waals surface area contributed by atoms with Crippen molar-refractivity contribution in [2.45, 2.75) is 13.3 Å². The van der Waals surface area contributed by atoms with Gasteiger partial charge in [0.25, 0.3) is 0 Å². The molecular weight excluding hydrogens is 210 g/mol. The van der Waals surface area contributed by atoms with Crippen LogP contribution in [0.2, 0.25) is 0 Å². The van der Waals surface area contributed by atoms with Gasteiger partial charge in [-0.05, 0) is 6.42 Å². The van der Waals surface area contributed by atoms with Gasteiger partial charge in [0.15, 0.2) is 0 Å². The van der Waals surface area contributed by atoms with Crippen LogP contribution in [0.15, 0.2) is 24.4 Å². The van der Waals surface area contributed by atoms with E-state index in [0.29, 0.717) is 5.70 Å². The Balaban J connectivity index is 0. The first-order valence-electron chi connectivity index (χ1n) is 4.71. The number of likely N-dealkylation sites (N-methyl/N-ethyl adjacent to an activating group) is 1. The molecule has 0 saturated heterocycles. The SMILES string of the molecule is C=CC(=O)O.CCC=C(C(=O)OC)N(C)C. The largest absolute Gasteiger partial charge is 0.478 e. The summed E-state index contributed by atoms with van der Waals surface area (Å²) in [7, 11) is 5.02. The molecule has 0 rings (SSSR count). The molecule has 0 amide bonds. The van der Waals surface area contributed by atoms with E-state index in [1.54, 1.807) is 4.90 Å². The van der Waals surface area contributed by atoms with E-state index >= 15 is 0 Å². The zero-order valence-electron chi connectivity index (χ0n) is 10.2. The number of carbonyl (C=O) groups excluding carboxylic acids is 1. The second-order valence-electron chi connectivity index (χ2n) is 2.93. The van der Waals surface area contributed by atoms with Crippen molar-refractivity contribution in [2.24, 2.45) is 0 Å². The fourth-order valence-corrected chi connectivity index (χ4v) is 0.746. The number of hydrogen-bond acceptors (Lipinski definition) is 4. The van der Waals surface area contributed by atoms with Gasteiger partial charge in [-0.25, -0.2) is 9.59 Å². The van der Waals surface area contributed by atoms with Gasteiger partial charge in [-0.3, -0.25) is 0 Å². The van der Waals surface area contributed by atoms with Gasteiger partial charge < -0.3 is 14.7 Å². The van der Waals surface area contributed by atoms with Crippen LogP contribution in [0, 0.1) is 0 Å². The van der Waals surface area contributed by atoms with E-state index in [-0.39, 0.29) is 5.97 Å². The maximum atomic E-state index is 11.0. The molecule has 5 heteroatoms. The summed E-state index contributed by atoms with van der Waals surface area (Å²) in [5.74, 6) is -1.26. The highest BCUT2D eigenvalue weighted by Crippen LogP contribution is 2.01. The number of hydrogen-bond donors (Lipinski definition) is 1. The van der Waals surface area contributed by atoms with Crippen molar-refractivity contribution in [2.75, 3.05) is 21.2 Å². The normalized spacial score (nSPS) is 9.62. The molecule has 0 aromatic heterocycles. The lowest BCUT2D eigenvalue weighted by molar-refractivity contribution is -0.137. The lowest BCUT2D eigenvalue weighted by atomic mass is 10.3. The van der Waals surface area contributed by atoms with Gasteiger partial charge in [-0.15, -0.1) is 0 Å². The summed E-state index contributed by atoms with van der Waals surface area (Å²) >= 11 is 0. The van der Waals surface area contributed by atoms with Crippen molar-refractivity contribution in [1.29, 1.82) is 0 Å². The number of esters is 1. The molecule has 0 aromatic carbocycles. The lowest BCUT2D eigenvalue weighted by Crippen LogP contribution is -2.20. The second-order valence-corrected chi connectivity index (χ2v) is 2.93. The van der Waals surface area contributed by atoms with E-state index < -0.39 is 5.97 Å². The smallest absolute Gasteiger partial charge is 0.353 e. The number of methoxy groups -OCH3 is 1. The summed E-state index contributed by atoms with van der Waals surface area (Å²) in [6.07, 6.45) is 3.51.